The number of nitrogens with two attached hydrogens (primary N) is 1. The molecule has 0 saturated carbocycles. The molecular weight excluding hydrogens is 466 g/mol. The smallest absolute Gasteiger partial charge is 0.238 e. The fourth-order valence-electron chi connectivity index (χ4n) is 2.46. The van der Waals surface area contributed by atoms with Crippen molar-refractivity contribution in [3.05, 3.63) is 58.0 Å². The summed E-state index contributed by atoms with van der Waals surface area (Å²) in [5.74, 6) is -0.0233. The maximum atomic E-state index is 12.4. The molecule has 1 aromatic heterocycles. The largest absolute Gasteiger partial charge is 0.495 e. The lowest BCUT2D eigenvalue weighted by Gasteiger charge is -2.11. The van der Waals surface area contributed by atoms with Crippen LogP contribution in [0.1, 0.15) is 5.69 Å². The molecule has 0 aliphatic heterocycles. The van der Waals surface area contributed by atoms with E-state index in [0.717, 1.165) is 15.0 Å². The molecule has 0 bridgehead atoms. The van der Waals surface area contributed by atoms with Crippen molar-refractivity contribution < 1.29 is 17.9 Å². The highest BCUT2D eigenvalue weighted by Crippen LogP contribution is 2.28. The van der Waals surface area contributed by atoms with Crippen LogP contribution >= 0.6 is 27.3 Å². The van der Waals surface area contributed by atoms with Crippen molar-refractivity contribution in [3.8, 4) is 16.3 Å². The Morgan fingerprint density at radius 3 is 2.75 bits per heavy atom. The number of thiazole rings is 1. The van der Waals surface area contributed by atoms with Gasteiger partial charge in [0.2, 0.25) is 15.9 Å². The van der Waals surface area contributed by atoms with Crippen molar-refractivity contribution in [2.75, 3.05) is 12.4 Å². The fourth-order valence-corrected chi connectivity index (χ4v) is 4.22. The normalized spacial score (nSPS) is 11.2. The molecule has 0 radical (unpaired) electrons. The van der Waals surface area contributed by atoms with Gasteiger partial charge in [-0.05, 0) is 30.3 Å². The molecule has 0 saturated heterocycles. The maximum absolute atomic E-state index is 12.4. The Labute approximate surface area is 174 Å². The lowest BCUT2D eigenvalue weighted by Crippen LogP contribution is -2.17. The first-order valence-corrected chi connectivity index (χ1v) is 11.2. The predicted octanol–water partition coefficient (Wildman–Crippen LogP) is 3.41. The Morgan fingerprint density at radius 2 is 2.07 bits per heavy atom. The van der Waals surface area contributed by atoms with Crippen LogP contribution in [0, 0.1) is 0 Å². The summed E-state index contributed by atoms with van der Waals surface area (Å²) in [7, 11) is -2.47. The molecule has 3 aromatic rings. The molecule has 1 amide bonds. The van der Waals surface area contributed by atoms with Gasteiger partial charge in [-0.2, -0.15) is 0 Å². The zero-order valence-electron chi connectivity index (χ0n) is 14.7. The molecule has 0 unspecified atom stereocenters. The number of sulfonamides is 1. The molecule has 0 atom stereocenters. The van der Waals surface area contributed by atoms with E-state index in [4.69, 9.17) is 9.88 Å². The minimum absolute atomic E-state index is 0.0350. The number of halogens is 1. The number of nitrogens with one attached hydrogen (secondary N) is 1. The minimum Gasteiger partial charge on any atom is -0.495 e. The maximum Gasteiger partial charge on any atom is 0.238 e. The standard InChI is InChI=1S/C18H16BrN3O4S2/c1-26-16-6-5-14(28(20,24)25)9-15(16)22-17(23)8-13-10-27-18(21-13)11-3-2-4-12(19)7-11/h2-7,9-10H,8H2,1H3,(H,22,23)(H2,20,24,25). The first-order chi connectivity index (χ1) is 13.3. The molecule has 0 aliphatic carbocycles. The summed E-state index contributed by atoms with van der Waals surface area (Å²) < 4.78 is 29.2. The zero-order valence-corrected chi connectivity index (χ0v) is 17.9. The highest BCUT2D eigenvalue weighted by atomic mass is 79.9. The third-order valence-corrected chi connectivity index (χ3v) is 6.08. The second kappa shape index (κ2) is 8.39. The van der Waals surface area contributed by atoms with Crippen molar-refractivity contribution in [3.63, 3.8) is 0 Å². The van der Waals surface area contributed by atoms with Crippen LogP contribution in [0.2, 0.25) is 0 Å². The second-order valence-corrected chi connectivity index (χ2v) is 9.12. The first-order valence-electron chi connectivity index (χ1n) is 7.97. The van der Waals surface area contributed by atoms with Gasteiger partial charge in [-0.3, -0.25) is 4.79 Å². The molecule has 0 fully saturated rings. The number of rotatable bonds is 6. The molecule has 1 heterocycles. The third-order valence-electron chi connectivity index (χ3n) is 3.74. The van der Waals surface area contributed by atoms with Crippen LogP contribution in [-0.4, -0.2) is 26.4 Å². The molecule has 146 valence electrons. The summed E-state index contributed by atoms with van der Waals surface area (Å²) in [6.45, 7) is 0. The van der Waals surface area contributed by atoms with Gasteiger partial charge < -0.3 is 10.1 Å². The topological polar surface area (TPSA) is 111 Å². The highest BCUT2D eigenvalue weighted by Gasteiger charge is 2.15. The number of methoxy groups -OCH3 is 1. The molecule has 28 heavy (non-hydrogen) atoms. The summed E-state index contributed by atoms with van der Waals surface area (Å²) in [6.07, 6.45) is 0.0350. The van der Waals surface area contributed by atoms with Crippen LogP contribution in [0.3, 0.4) is 0 Å². The van der Waals surface area contributed by atoms with Gasteiger partial charge in [-0.1, -0.05) is 28.1 Å². The van der Waals surface area contributed by atoms with Gasteiger partial charge in [-0.25, -0.2) is 18.5 Å². The molecule has 7 nitrogen and oxygen atoms in total. The van der Waals surface area contributed by atoms with Crippen molar-refractivity contribution in [2.24, 2.45) is 5.14 Å². The number of carbonyl (C=O) groups excluding carboxylic acids is 1. The molecule has 0 aliphatic rings. The molecule has 2 aromatic carbocycles. The van der Waals surface area contributed by atoms with E-state index in [2.05, 4.69) is 26.2 Å². The Bertz CT molecular complexity index is 1130. The number of benzene rings is 2. The Balaban J connectivity index is 1.76. The number of aromatic nitrogens is 1. The number of nitrogens with zero attached hydrogens (tertiary/aromatic N) is 1. The van der Waals surface area contributed by atoms with Crippen molar-refractivity contribution in [1.29, 1.82) is 0 Å². The second-order valence-electron chi connectivity index (χ2n) is 5.79. The quantitative estimate of drug-likeness (QED) is 0.560. The summed E-state index contributed by atoms with van der Waals surface area (Å²) in [6, 6.07) is 11.7. The van der Waals surface area contributed by atoms with E-state index >= 15 is 0 Å². The van der Waals surface area contributed by atoms with E-state index < -0.39 is 10.0 Å². The predicted molar refractivity (Wildman–Crippen MR) is 112 cm³/mol. The number of primary sulfonamides is 1. The average molecular weight is 482 g/mol. The molecule has 10 heteroatoms. The molecule has 3 N–H and O–H groups in total. The Hall–Kier alpha value is -2.27. The zero-order chi connectivity index (χ0) is 20.3. The summed E-state index contributed by atoms with van der Waals surface area (Å²) >= 11 is 4.87. The number of hydrogen-bond acceptors (Lipinski definition) is 6. The third kappa shape index (κ3) is 4.96. The number of hydrogen-bond donors (Lipinski definition) is 2. The van der Waals surface area contributed by atoms with E-state index in [-0.39, 0.29) is 22.9 Å². The Kier molecular flexibility index (Phi) is 6.14. The minimum atomic E-state index is -3.90. The first kappa shape index (κ1) is 20.5. The molecular formula is C18H16BrN3O4S2. The van der Waals surface area contributed by atoms with Crippen molar-refractivity contribution in [2.45, 2.75) is 11.3 Å². The van der Waals surface area contributed by atoms with Crippen molar-refractivity contribution in [1.82, 2.24) is 4.98 Å². The van der Waals surface area contributed by atoms with Gasteiger partial charge in [0.05, 0.1) is 29.8 Å². The highest BCUT2D eigenvalue weighted by molar-refractivity contribution is 9.10. The Morgan fingerprint density at radius 1 is 1.29 bits per heavy atom. The number of anilines is 1. The van der Waals surface area contributed by atoms with Gasteiger partial charge in [0, 0.05) is 15.4 Å². The molecule has 0 spiro atoms. The van der Waals surface area contributed by atoms with E-state index in [0.29, 0.717) is 11.4 Å². The number of ether oxygens (including phenoxy) is 1. The van der Waals surface area contributed by atoms with E-state index in [1.54, 1.807) is 0 Å². The van der Waals surface area contributed by atoms with Crippen LogP contribution in [0.25, 0.3) is 10.6 Å². The van der Waals surface area contributed by atoms with E-state index in [9.17, 15) is 13.2 Å². The average Bonchev–Trinajstić information content (AvgIpc) is 3.09. The number of amides is 1. The SMILES string of the molecule is COc1ccc(S(N)(=O)=O)cc1NC(=O)Cc1csc(-c2cccc(Br)c2)n1. The number of carbonyl (C=O) groups is 1. The van der Waals surface area contributed by atoms with Crippen molar-refractivity contribution >= 4 is 48.9 Å². The van der Waals surface area contributed by atoms with Gasteiger partial charge in [0.25, 0.3) is 0 Å². The lowest BCUT2D eigenvalue weighted by molar-refractivity contribution is -0.115. The summed E-state index contributed by atoms with van der Waals surface area (Å²) in [4.78, 5) is 16.8. The van der Waals surface area contributed by atoms with Gasteiger partial charge in [0.15, 0.2) is 0 Å². The van der Waals surface area contributed by atoms with Crippen LogP contribution in [0.15, 0.2) is 57.2 Å². The van der Waals surface area contributed by atoms with Crippen LogP contribution < -0.4 is 15.2 Å². The van der Waals surface area contributed by atoms with Gasteiger partial charge in [-0.15, -0.1) is 11.3 Å². The fraction of sp³-hybridized carbons (Fsp3) is 0.111. The van der Waals surface area contributed by atoms with Crippen LogP contribution in [0.5, 0.6) is 5.75 Å². The monoisotopic (exact) mass is 481 g/mol. The van der Waals surface area contributed by atoms with E-state index in [1.807, 2.05) is 29.6 Å². The summed E-state index contributed by atoms with van der Waals surface area (Å²) in [5.41, 5.74) is 1.79. The van der Waals surface area contributed by atoms with Gasteiger partial charge in [0.1, 0.15) is 10.8 Å². The van der Waals surface area contributed by atoms with Crippen LogP contribution in [-0.2, 0) is 21.2 Å². The van der Waals surface area contributed by atoms with E-state index in [1.165, 1.54) is 36.6 Å². The van der Waals surface area contributed by atoms with Gasteiger partial charge >= 0.3 is 0 Å². The van der Waals surface area contributed by atoms with Crippen LogP contribution in [0.4, 0.5) is 5.69 Å². The summed E-state index contributed by atoms with van der Waals surface area (Å²) in [5, 5.41) is 10.4. The molecule has 3 rings (SSSR count). The lowest BCUT2D eigenvalue weighted by atomic mass is 10.2.